The highest BCUT2D eigenvalue weighted by Gasteiger charge is 2.38. The van der Waals surface area contributed by atoms with Crippen LogP contribution in [-0.4, -0.2) is 67.9 Å². The van der Waals surface area contributed by atoms with Gasteiger partial charge < -0.3 is 9.64 Å². The van der Waals surface area contributed by atoms with E-state index in [4.69, 9.17) is 4.74 Å². The number of carbonyl (C=O) groups excluding carboxylic acids is 2. The number of nitrogens with zero attached hydrogens (tertiary/aromatic N) is 2. The summed E-state index contributed by atoms with van der Waals surface area (Å²) in [6, 6.07) is 5.71. The maximum atomic E-state index is 13.1. The van der Waals surface area contributed by atoms with E-state index in [1.165, 1.54) is 10.6 Å². The number of piperidine rings is 2. The van der Waals surface area contributed by atoms with Crippen LogP contribution in [0.1, 0.15) is 48.0 Å². The minimum atomic E-state index is -3.20. The lowest BCUT2D eigenvalue weighted by atomic mass is 9.85. The summed E-state index contributed by atoms with van der Waals surface area (Å²) in [6.07, 6.45) is 4.35. The number of benzene rings is 1. The molecule has 0 aromatic heterocycles. The fraction of sp³-hybridized carbons (Fsp3) is 0.636. The first-order valence-electron chi connectivity index (χ1n) is 10.8. The number of fused-ring (bicyclic) bond motifs is 1. The molecule has 0 radical (unpaired) electrons. The Kier molecular flexibility index (Phi) is 5.90. The predicted octanol–water partition coefficient (Wildman–Crippen LogP) is 2.24. The van der Waals surface area contributed by atoms with Crippen molar-refractivity contribution in [2.24, 2.45) is 11.8 Å². The van der Waals surface area contributed by atoms with E-state index in [0.717, 1.165) is 24.9 Å². The molecule has 7 nitrogen and oxygen atoms in total. The second-order valence-electron chi connectivity index (χ2n) is 8.91. The summed E-state index contributed by atoms with van der Waals surface area (Å²) in [5.74, 6) is 0.891. The average Bonchev–Trinajstić information content (AvgIpc) is 2.73. The van der Waals surface area contributed by atoms with Crippen molar-refractivity contribution in [2.45, 2.75) is 45.1 Å². The molecule has 0 unspecified atom stereocenters. The molecule has 0 saturated carbocycles. The lowest BCUT2D eigenvalue weighted by Crippen LogP contribution is -2.50. The number of aryl methyl sites for hydroxylation is 1. The molecular formula is C22H30N2O5S. The lowest BCUT2D eigenvalue weighted by Gasteiger charge is -2.40. The number of ketones is 1. The smallest absolute Gasteiger partial charge is 0.225 e. The fourth-order valence-corrected chi connectivity index (χ4v) is 5.81. The van der Waals surface area contributed by atoms with E-state index in [2.05, 4.69) is 0 Å². The van der Waals surface area contributed by atoms with Crippen LogP contribution >= 0.6 is 0 Å². The molecule has 2 saturated heterocycles. The summed E-state index contributed by atoms with van der Waals surface area (Å²) in [4.78, 5) is 27.6. The molecule has 1 amide bonds. The number of amides is 1. The van der Waals surface area contributed by atoms with E-state index in [0.29, 0.717) is 50.2 Å². The maximum absolute atomic E-state index is 13.1. The minimum Gasteiger partial charge on any atom is -0.489 e. The Morgan fingerprint density at radius 2 is 1.87 bits per heavy atom. The number of Topliss-reactive ketones (excluding diaryl/α,β-unsaturated/α-hetero) is 1. The summed E-state index contributed by atoms with van der Waals surface area (Å²) in [7, 11) is -3.20. The van der Waals surface area contributed by atoms with Crippen LogP contribution in [0.5, 0.6) is 5.75 Å². The van der Waals surface area contributed by atoms with Crippen LogP contribution in [-0.2, 0) is 14.8 Å². The second kappa shape index (κ2) is 8.30. The quantitative estimate of drug-likeness (QED) is 0.729. The van der Waals surface area contributed by atoms with Crippen LogP contribution in [0.25, 0.3) is 0 Å². The number of ether oxygens (including phenoxy) is 1. The molecule has 1 aromatic carbocycles. The van der Waals surface area contributed by atoms with E-state index in [1.54, 1.807) is 0 Å². The predicted molar refractivity (Wildman–Crippen MR) is 113 cm³/mol. The zero-order valence-corrected chi connectivity index (χ0v) is 18.5. The standard InChI is InChI=1S/C22H30N2O5S/c1-15-5-6-20-18(12-15)19(25)13-21(29-20)17-4-3-9-23(14-17)22(26)16-7-10-24(11-8-16)30(2,27)28/h5-6,12,16-17,21H,3-4,7-11,13-14H2,1-2H3/t17-,21+/m1/s1. The SMILES string of the molecule is Cc1ccc2c(c1)C(=O)C[C@@H]([C@@H]1CCCN(C(=O)C3CCN(S(C)(=O)=O)CC3)C1)O2. The fourth-order valence-electron chi connectivity index (χ4n) is 4.93. The number of hydrogen-bond donors (Lipinski definition) is 0. The first-order valence-corrected chi connectivity index (χ1v) is 12.6. The van der Waals surface area contributed by atoms with Crippen LogP contribution in [0, 0.1) is 18.8 Å². The van der Waals surface area contributed by atoms with Crippen molar-refractivity contribution in [1.29, 1.82) is 0 Å². The normalized spacial score (nSPS) is 26.2. The number of hydrogen-bond acceptors (Lipinski definition) is 5. The largest absolute Gasteiger partial charge is 0.489 e. The highest BCUT2D eigenvalue weighted by molar-refractivity contribution is 7.88. The van der Waals surface area contributed by atoms with E-state index in [1.807, 2.05) is 30.0 Å². The Balaban J connectivity index is 1.38. The molecule has 0 aliphatic carbocycles. The Hall–Kier alpha value is -1.93. The van der Waals surface area contributed by atoms with Gasteiger partial charge >= 0.3 is 0 Å². The molecule has 2 atom stereocenters. The minimum absolute atomic E-state index is 0.113. The molecule has 3 aliphatic heterocycles. The third-order valence-corrected chi connectivity index (χ3v) is 7.97. The third kappa shape index (κ3) is 4.39. The van der Waals surface area contributed by atoms with Crippen LogP contribution < -0.4 is 4.74 Å². The van der Waals surface area contributed by atoms with E-state index >= 15 is 0 Å². The van der Waals surface area contributed by atoms with Crippen LogP contribution in [0.2, 0.25) is 0 Å². The van der Waals surface area contributed by atoms with Crippen LogP contribution in [0.3, 0.4) is 0 Å². The highest BCUT2D eigenvalue weighted by Crippen LogP contribution is 2.34. The van der Waals surface area contributed by atoms with Gasteiger partial charge in [0.1, 0.15) is 11.9 Å². The second-order valence-corrected chi connectivity index (χ2v) is 10.9. The molecule has 8 heteroatoms. The van der Waals surface area contributed by atoms with E-state index in [9.17, 15) is 18.0 Å². The number of rotatable bonds is 3. The molecule has 164 valence electrons. The molecule has 30 heavy (non-hydrogen) atoms. The van der Waals surface area contributed by atoms with Crippen molar-refractivity contribution in [1.82, 2.24) is 9.21 Å². The van der Waals surface area contributed by atoms with Gasteiger partial charge in [0.15, 0.2) is 5.78 Å². The maximum Gasteiger partial charge on any atom is 0.225 e. The van der Waals surface area contributed by atoms with Crippen molar-refractivity contribution < 1.29 is 22.7 Å². The summed E-state index contributed by atoms with van der Waals surface area (Å²) in [6.45, 7) is 4.10. The summed E-state index contributed by atoms with van der Waals surface area (Å²) < 4.78 is 31.1. The Labute approximate surface area is 178 Å². The topological polar surface area (TPSA) is 84.0 Å². The molecule has 0 bridgehead atoms. The monoisotopic (exact) mass is 434 g/mol. The summed E-state index contributed by atoms with van der Waals surface area (Å²) >= 11 is 0. The van der Waals surface area contributed by atoms with Gasteiger partial charge in [-0.1, -0.05) is 11.6 Å². The molecule has 0 spiro atoms. The third-order valence-electron chi connectivity index (χ3n) is 6.67. The molecule has 3 heterocycles. The zero-order valence-electron chi connectivity index (χ0n) is 17.7. The number of carbonyl (C=O) groups is 2. The van der Waals surface area contributed by atoms with E-state index in [-0.39, 0.29) is 29.6 Å². The van der Waals surface area contributed by atoms with Crippen molar-refractivity contribution in [3.05, 3.63) is 29.3 Å². The van der Waals surface area contributed by atoms with Gasteiger partial charge in [0, 0.05) is 44.4 Å². The van der Waals surface area contributed by atoms with Crippen LogP contribution in [0.4, 0.5) is 0 Å². The Bertz CT molecular complexity index is 937. The summed E-state index contributed by atoms with van der Waals surface area (Å²) in [5.41, 5.74) is 1.70. The molecular weight excluding hydrogens is 404 g/mol. The van der Waals surface area contributed by atoms with Crippen LogP contribution in [0.15, 0.2) is 18.2 Å². The highest BCUT2D eigenvalue weighted by atomic mass is 32.2. The van der Waals surface area contributed by atoms with Crippen molar-refractivity contribution in [3.63, 3.8) is 0 Å². The number of likely N-dealkylation sites (tertiary alicyclic amines) is 1. The molecule has 0 N–H and O–H groups in total. The van der Waals surface area contributed by atoms with Crippen molar-refractivity contribution >= 4 is 21.7 Å². The molecule has 4 rings (SSSR count). The summed E-state index contributed by atoms with van der Waals surface area (Å²) in [5, 5.41) is 0. The average molecular weight is 435 g/mol. The van der Waals surface area contributed by atoms with Gasteiger partial charge in [-0.2, -0.15) is 0 Å². The van der Waals surface area contributed by atoms with Crippen molar-refractivity contribution in [3.8, 4) is 5.75 Å². The zero-order chi connectivity index (χ0) is 21.5. The first kappa shape index (κ1) is 21.3. The van der Waals surface area contributed by atoms with Gasteiger partial charge in [0.25, 0.3) is 0 Å². The molecule has 3 aliphatic rings. The lowest BCUT2D eigenvalue weighted by molar-refractivity contribution is -0.139. The number of sulfonamides is 1. The van der Waals surface area contributed by atoms with Gasteiger partial charge in [-0.25, -0.2) is 12.7 Å². The molecule has 2 fully saturated rings. The Morgan fingerprint density at radius 3 is 2.57 bits per heavy atom. The molecule has 1 aromatic rings. The van der Waals surface area contributed by atoms with E-state index < -0.39 is 10.0 Å². The van der Waals surface area contributed by atoms with Gasteiger partial charge in [-0.3, -0.25) is 9.59 Å². The van der Waals surface area contributed by atoms with Crippen molar-refractivity contribution in [2.75, 3.05) is 32.4 Å². The van der Waals surface area contributed by atoms with Gasteiger partial charge in [-0.15, -0.1) is 0 Å². The Morgan fingerprint density at radius 1 is 1.13 bits per heavy atom. The van der Waals surface area contributed by atoms with Gasteiger partial charge in [-0.05, 0) is 44.7 Å². The van der Waals surface area contributed by atoms with Gasteiger partial charge in [0.2, 0.25) is 15.9 Å². The first-order chi connectivity index (χ1) is 14.2. The van der Waals surface area contributed by atoms with Gasteiger partial charge in [0.05, 0.1) is 11.8 Å².